The summed E-state index contributed by atoms with van der Waals surface area (Å²) < 4.78 is 34.4. The molecule has 9 heteroatoms. The number of allylic oxidation sites excluding steroid dienone is 2. The van der Waals surface area contributed by atoms with E-state index in [2.05, 4.69) is 37.0 Å². The van der Waals surface area contributed by atoms with Gasteiger partial charge in [0.25, 0.3) is 0 Å². The molecule has 0 saturated carbocycles. The minimum absolute atomic E-state index is 0.346. The molecular formula is C13H9BBr2F2N4. The molecule has 4 heterocycles. The standard InChI is InChI=1S/C13H9BBr2F2N4/c1-20-8(6-7-19-20)13-9-2-4-11(15)21(9)14(17,18)22-10(13)3-5-12(22)16/h2-7H,1H3. The molecule has 112 valence electrons. The van der Waals surface area contributed by atoms with Crippen molar-refractivity contribution in [2.45, 2.75) is 0 Å². The number of rotatable bonds is 1. The molecule has 4 rings (SSSR count). The average Bonchev–Trinajstić information content (AvgIpc) is 3.12. The van der Waals surface area contributed by atoms with Crippen LogP contribution < -0.4 is 0 Å². The van der Waals surface area contributed by atoms with Crippen molar-refractivity contribution >= 4 is 49.0 Å². The maximum atomic E-state index is 15.0. The second-order valence-electron chi connectivity index (χ2n) is 5.13. The van der Waals surface area contributed by atoms with Crippen LogP contribution in [-0.2, 0) is 7.05 Å². The Morgan fingerprint density at radius 1 is 1.14 bits per heavy atom. The van der Waals surface area contributed by atoms with Gasteiger partial charge in [0.2, 0.25) is 4.62 Å². The minimum Gasteiger partial charge on any atom is -0.389 e. The third kappa shape index (κ3) is 1.66. The van der Waals surface area contributed by atoms with Crippen LogP contribution in [0.4, 0.5) is 8.63 Å². The zero-order valence-electron chi connectivity index (χ0n) is 11.3. The fourth-order valence-corrected chi connectivity index (χ4v) is 4.15. The Morgan fingerprint density at radius 3 is 2.59 bits per heavy atom. The molecule has 0 unspecified atom stereocenters. The summed E-state index contributed by atoms with van der Waals surface area (Å²) in [7, 11) is 1.80. The van der Waals surface area contributed by atoms with Crippen molar-refractivity contribution in [3.05, 3.63) is 58.2 Å². The van der Waals surface area contributed by atoms with E-state index in [0.717, 1.165) is 20.2 Å². The van der Waals surface area contributed by atoms with Gasteiger partial charge in [0.15, 0.2) is 5.70 Å². The molecule has 2 aromatic heterocycles. The van der Waals surface area contributed by atoms with Gasteiger partial charge in [-0.3, -0.25) is 4.68 Å². The number of fused-ring (bicyclic) bond motifs is 2. The Hall–Kier alpha value is -1.48. The van der Waals surface area contributed by atoms with Gasteiger partial charge in [-0.25, -0.2) is 0 Å². The molecule has 2 aliphatic heterocycles. The van der Waals surface area contributed by atoms with Crippen molar-refractivity contribution in [3.63, 3.8) is 0 Å². The van der Waals surface area contributed by atoms with Gasteiger partial charge in [-0.1, -0.05) is 0 Å². The molecule has 0 aromatic carbocycles. The summed E-state index contributed by atoms with van der Waals surface area (Å²) in [6.45, 7) is -3.97. The highest BCUT2D eigenvalue weighted by Gasteiger charge is 2.54. The lowest BCUT2D eigenvalue weighted by Crippen LogP contribution is -2.50. The number of aromatic nitrogens is 3. The van der Waals surface area contributed by atoms with Crippen LogP contribution in [-0.4, -0.2) is 30.3 Å². The first-order chi connectivity index (χ1) is 10.4. The van der Waals surface area contributed by atoms with Gasteiger partial charge in [0.05, 0.1) is 15.9 Å². The average molecular weight is 430 g/mol. The topological polar surface area (TPSA) is 25.8 Å². The summed E-state index contributed by atoms with van der Waals surface area (Å²) in [6.07, 6.45) is 5.00. The number of hydrogen-bond donors (Lipinski definition) is 0. The first kappa shape index (κ1) is 14.1. The van der Waals surface area contributed by atoms with Gasteiger partial charge in [0.1, 0.15) is 0 Å². The molecule has 0 saturated heterocycles. The quantitative estimate of drug-likeness (QED) is 0.638. The van der Waals surface area contributed by atoms with E-state index in [0.29, 0.717) is 20.6 Å². The highest BCUT2D eigenvalue weighted by Crippen LogP contribution is 2.41. The smallest absolute Gasteiger partial charge is 0.389 e. The third-order valence-electron chi connectivity index (χ3n) is 3.95. The molecule has 2 aromatic rings. The summed E-state index contributed by atoms with van der Waals surface area (Å²) in [5.41, 5.74) is 2.45. The summed E-state index contributed by atoms with van der Waals surface area (Å²) in [6, 6.07) is 5.16. The number of halogens is 4. The largest absolute Gasteiger partial charge is 0.738 e. The van der Waals surface area contributed by atoms with Crippen molar-refractivity contribution in [2.75, 3.05) is 0 Å². The van der Waals surface area contributed by atoms with Crippen molar-refractivity contribution in [1.29, 1.82) is 0 Å². The molecule has 0 spiro atoms. The van der Waals surface area contributed by atoms with E-state index in [1.165, 1.54) is 0 Å². The molecular weight excluding hydrogens is 421 g/mol. The van der Waals surface area contributed by atoms with E-state index in [1.807, 2.05) is 6.07 Å². The van der Waals surface area contributed by atoms with Crippen LogP contribution in [0.3, 0.4) is 0 Å². The maximum Gasteiger partial charge on any atom is 0.738 e. The minimum atomic E-state index is -3.97. The van der Waals surface area contributed by atoms with Crippen LogP contribution in [0.5, 0.6) is 0 Å². The third-order valence-corrected chi connectivity index (χ3v) is 5.24. The van der Waals surface area contributed by atoms with Crippen molar-refractivity contribution in [1.82, 2.24) is 14.3 Å². The van der Waals surface area contributed by atoms with E-state index in [1.54, 1.807) is 42.2 Å². The Labute approximate surface area is 141 Å². The second kappa shape index (κ2) is 4.51. The zero-order valence-corrected chi connectivity index (χ0v) is 14.5. The molecule has 0 amide bonds. The predicted octanol–water partition coefficient (Wildman–Crippen LogP) is 3.36. The van der Waals surface area contributed by atoms with E-state index >= 15 is 0 Å². The van der Waals surface area contributed by atoms with E-state index < -0.39 is 6.97 Å². The monoisotopic (exact) mass is 428 g/mol. The first-order valence-electron chi connectivity index (χ1n) is 6.55. The maximum absolute atomic E-state index is 15.0. The Bertz CT molecular complexity index is 907. The van der Waals surface area contributed by atoms with Crippen LogP contribution in [0.1, 0.15) is 11.4 Å². The van der Waals surface area contributed by atoms with Gasteiger partial charge in [-0.2, -0.15) is 5.10 Å². The van der Waals surface area contributed by atoms with E-state index in [9.17, 15) is 8.63 Å². The fraction of sp³-hybridized carbons (Fsp3) is 0.0769. The molecule has 0 fully saturated rings. The second-order valence-corrected chi connectivity index (χ2v) is 6.75. The first-order valence-corrected chi connectivity index (χ1v) is 8.13. The van der Waals surface area contributed by atoms with Crippen LogP contribution in [0.2, 0.25) is 0 Å². The number of aryl methyl sites for hydroxylation is 1. The fourth-order valence-electron chi connectivity index (χ4n) is 3.01. The molecule has 0 bridgehead atoms. The summed E-state index contributed by atoms with van der Waals surface area (Å²) >= 11 is 6.47. The highest BCUT2D eigenvalue weighted by atomic mass is 79.9. The molecule has 0 N–H and O–H groups in total. The highest BCUT2D eigenvalue weighted by molar-refractivity contribution is 9.18. The summed E-state index contributed by atoms with van der Waals surface area (Å²) in [5, 5.41) is 4.16. The lowest BCUT2D eigenvalue weighted by atomic mass is 9.88. The van der Waals surface area contributed by atoms with Crippen LogP contribution in [0.25, 0.3) is 5.57 Å². The van der Waals surface area contributed by atoms with Crippen molar-refractivity contribution in [2.24, 2.45) is 7.05 Å². The Morgan fingerprint density at radius 2 is 1.91 bits per heavy atom. The van der Waals surface area contributed by atoms with Gasteiger partial charge >= 0.3 is 6.97 Å². The molecule has 4 nitrogen and oxygen atoms in total. The molecule has 2 aliphatic rings. The van der Waals surface area contributed by atoms with Gasteiger partial charge < -0.3 is 17.6 Å². The lowest BCUT2D eigenvalue weighted by Gasteiger charge is -2.31. The van der Waals surface area contributed by atoms with E-state index in [-0.39, 0.29) is 0 Å². The molecule has 22 heavy (non-hydrogen) atoms. The number of hydrogen-bond acceptors (Lipinski definition) is 1. The zero-order chi connectivity index (χ0) is 15.6. The Kier molecular flexibility index (Phi) is 2.90. The lowest BCUT2D eigenvalue weighted by molar-refractivity contribution is -0.358. The van der Waals surface area contributed by atoms with Crippen LogP contribution in [0, 0.1) is 0 Å². The van der Waals surface area contributed by atoms with Crippen LogP contribution >= 0.6 is 31.9 Å². The van der Waals surface area contributed by atoms with Crippen molar-refractivity contribution < 1.29 is 13.1 Å². The van der Waals surface area contributed by atoms with E-state index in [4.69, 9.17) is 0 Å². The van der Waals surface area contributed by atoms with Crippen LogP contribution in [0.15, 0.2) is 46.8 Å². The predicted molar refractivity (Wildman–Crippen MR) is 88.1 cm³/mol. The van der Waals surface area contributed by atoms with Gasteiger partial charge in [-0.05, 0) is 34.1 Å². The summed E-state index contributed by atoms with van der Waals surface area (Å²) in [5.74, 6) is 0. The Balaban J connectivity index is 2.15. The molecule has 0 aliphatic carbocycles. The van der Waals surface area contributed by atoms with Gasteiger partial charge in [0, 0.05) is 47.0 Å². The van der Waals surface area contributed by atoms with Gasteiger partial charge in [-0.15, -0.1) is 0 Å². The number of nitrogens with zero attached hydrogens (tertiary/aromatic N) is 4. The molecule has 0 atom stereocenters. The van der Waals surface area contributed by atoms with Crippen molar-refractivity contribution in [3.8, 4) is 0 Å². The molecule has 0 radical (unpaired) electrons. The SMILES string of the molecule is Cn1nccc1C1=C2C=CC(Br)=[N+]2[B-](F)(F)n2c(Br)ccc21. The summed E-state index contributed by atoms with van der Waals surface area (Å²) in [4.78, 5) is 0. The normalized spacial score (nSPS) is 19.0.